The number of likely N-dealkylation sites (tertiary alicyclic amines) is 1. The maximum Gasteiger partial charge on any atom is 0.303 e. The minimum Gasteiger partial charge on any atom is -0.455 e. The van der Waals surface area contributed by atoms with Gasteiger partial charge in [-0.2, -0.15) is 0 Å². The first-order valence-electron chi connectivity index (χ1n) is 14.4. The first kappa shape index (κ1) is 35.4. The second kappa shape index (κ2) is 17.3. The molecule has 1 aliphatic heterocycles. The van der Waals surface area contributed by atoms with Crippen molar-refractivity contribution in [1.29, 1.82) is 0 Å². The maximum atomic E-state index is 13.7. The van der Waals surface area contributed by atoms with Gasteiger partial charge in [-0.1, -0.05) is 38.5 Å². The molecule has 6 atom stereocenters. The van der Waals surface area contributed by atoms with E-state index in [0.29, 0.717) is 25.8 Å². The average Bonchev–Trinajstić information content (AvgIpc) is 3.11. The lowest BCUT2D eigenvalue weighted by Crippen LogP contribution is -2.58. The maximum absolute atomic E-state index is 13.7. The van der Waals surface area contributed by atoms with Gasteiger partial charge in [0.2, 0.25) is 5.91 Å². The summed E-state index contributed by atoms with van der Waals surface area (Å²) in [6.45, 7) is 7.99. The van der Waals surface area contributed by atoms with Crippen molar-refractivity contribution in [2.45, 2.75) is 97.3 Å². The van der Waals surface area contributed by atoms with Gasteiger partial charge in [0.1, 0.15) is 11.9 Å². The number of nitrogens with zero attached hydrogens (tertiary/aromatic N) is 1. The van der Waals surface area contributed by atoms with Crippen LogP contribution >= 0.6 is 0 Å². The summed E-state index contributed by atoms with van der Waals surface area (Å²) in [5, 5.41) is 2.71. The summed E-state index contributed by atoms with van der Waals surface area (Å²) >= 11 is 0. The number of amides is 2. The van der Waals surface area contributed by atoms with Crippen molar-refractivity contribution in [2.75, 3.05) is 13.7 Å². The van der Waals surface area contributed by atoms with E-state index in [-0.39, 0.29) is 24.2 Å². The monoisotopic (exact) mass is 606 g/mol. The molecule has 1 heterocycles. The van der Waals surface area contributed by atoms with Crippen LogP contribution in [0.2, 0.25) is 0 Å². The minimum absolute atomic E-state index is 0.0730. The van der Waals surface area contributed by atoms with Crippen molar-refractivity contribution in [1.82, 2.24) is 10.2 Å². The summed E-state index contributed by atoms with van der Waals surface area (Å²) in [5.74, 6) is -3.71. The highest BCUT2D eigenvalue weighted by atomic mass is 19.1. The summed E-state index contributed by atoms with van der Waals surface area (Å²) in [5.41, 5.74) is 0.734. The van der Waals surface area contributed by atoms with Crippen molar-refractivity contribution >= 4 is 29.7 Å². The molecular weight excluding hydrogens is 563 g/mol. The number of ether oxygens (including phenoxy) is 4. The summed E-state index contributed by atoms with van der Waals surface area (Å²) in [4.78, 5) is 65.1. The normalized spacial score (nSPS) is 19.0. The third kappa shape index (κ3) is 11.4. The van der Waals surface area contributed by atoms with Crippen molar-refractivity contribution in [3.05, 3.63) is 47.8 Å². The van der Waals surface area contributed by atoms with E-state index in [2.05, 4.69) is 5.32 Å². The Morgan fingerprint density at radius 1 is 0.977 bits per heavy atom. The Bertz CT molecular complexity index is 1140. The molecule has 1 aliphatic rings. The molecule has 1 unspecified atom stereocenters. The Balaban J connectivity index is 2.39. The fraction of sp³-hybridized carbons (Fsp3) is 0.581. The van der Waals surface area contributed by atoms with Crippen LogP contribution < -0.4 is 5.32 Å². The van der Waals surface area contributed by atoms with Gasteiger partial charge in [-0.05, 0) is 49.0 Å². The lowest BCUT2D eigenvalue weighted by molar-refractivity contribution is -0.192. The minimum atomic E-state index is -1.55. The number of nitrogens with one attached hydrogen (secondary N) is 1. The molecule has 43 heavy (non-hydrogen) atoms. The van der Waals surface area contributed by atoms with Gasteiger partial charge in [0.05, 0.1) is 0 Å². The van der Waals surface area contributed by atoms with E-state index < -0.39 is 54.3 Å². The molecule has 1 fully saturated rings. The van der Waals surface area contributed by atoms with Crippen molar-refractivity contribution < 1.29 is 47.3 Å². The standard InChI is InChI=1S/C31H43FN2O9/c1-7-19(2)11-16-26(41-20(3)35)27(42-21(4)36)28(43-22(5)37)29(40-6)30(38)33-25-10-8-9-17-34(31(25)39)18-23-12-14-24(32)15-13-23/h11-16,19,25-29H,7-10,17-18H2,1-6H3,(H,33,38)/b16-11+/t19?,25-,26+,27-,28+,29+/m0/s1. The van der Waals surface area contributed by atoms with Gasteiger partial charge in [0.15, 0.2) is 24.4 Å². The van der Waals surface area contributed by atoms with Crippen LogP contribution in [-0.4, -0.2) is 78.7 Å². The molecule has 1 aromatic carbocycles. The van der Waals surface area contributed by atoms with E-state index in [4.69, 9.17) is 18.9 Å². The topological polar surface area (TPSA) is 138 Å². The van der Waals surface area contributed by atoms with E-state index in [1.54, 1.807) is 23.1 Å². The van der Waals surface area contributed by atoms with Crippen LogP contribution in [0.4, 0.5) is 4.39 Å². The number of allylic oxidation sites excluding steroid dienone is 1. The summed E-state index contributed by atoms with van der Waals surface area (Å²) < 4.78 is 35.3. The van der Waals surface area contributed by atoms with E-state index in [1.165, 1.54) is 32.2 Å². The number of hydrogen-bond donors (Lipinski definition) is 1. The molecule has 2 rings (SSSR count). The molecule has 0 radical (unpaired) electrons. The molecular formula is C31H43FN2O9. The molecule has 1 saturated heterocycles. The van der Waals surface area contributed by atoms with E-state index in [0.717, 1.165) is 25.8 Å². The number of esters is 3. The van der Waals surface area contributed by atoms with E-state index in [1.807, 2.05) is 13.8 Å². The summed E-state index contributed by atoms with van der Waals surface area (Å²) in [6, 6.07) is 4.89. The van der Waals surface area contributed by atoms with Crippen molar-refractivity contribution in [3.63, 3.8) is 0 Å². The Morgan fingerprint density at radius 3 is 2.14 bits per heavy atom. The molecule has 0 spiro atoms. The SMILES string of the molecule is CCC(C)/C=C/[C@@H](OC(C)=O)[C@H](OC(C)=O)[C@@H](OC(C)=O)[C@@H](OC)C(=O)N[C@H]1CCCCN(Cc2ccc(F)cc2)C1=O. The Kier molecular flexibility index (Phi) is 14.3. The molecule has 0 bridgehead atoms. The van der Waals surface area contributed by atoms with Crippen LogP contribution in [-0.2, 0) is 49.5 Å². The summed E-state index contributed by atoms with van der Waals surface area (Å²) in [6.07, 6.45) is -0.0401. The number of methoxy groups -OCH3 is 1. The van der Waals surface area contributed by atoms with Gasteiger partial charge in [0, 0.05) is 41.0 Å². The number of hydrogen-bond acceptors (Lipinski definition) is 9. The number of benzene rings is 1. The fourth-order valence-corrected chi connectivity index (χ4v) is 4.70. The predicted octanol–water partition coefficient (Wildman–Crippen LogP) is 3.24. The molecule has 0 aromatic heterocycles. The van der Waals surface area contributed by atoms with Crippen LogP contribution in [0.5, 0.6) is 0 Å². The zero-order valence-corrected chi connectivity index (χ0v) is 25.7. The van der Waals surface area contributed by atoms with Gasteiger partial charge in [-0.15, -0.1) is 0 Å². The zero-order valence-electron chi connectivity index (χ0n) is 25.7. The van der Waals surface area contributed by atoms with Crippen LogP contribution in [0.3, 0.4) is 0 Å². The Labute approximate surface area is 252 Å². The van der Waals surface area contributed by atoms with Gasteiger partial charge < -0.3 is 29.2 Å². The molecule has 0 saturated carbocycles. The van der Waals surface area contributed by atoms with Crippen LogP contribution in [0.25, 0.3) is 0 Å². The highest BCUT2D eigenvalue weighted by molar-refractivity contribution is 5.90. The highest BCUT2D eigenvalue weighted by Gasteiger charge is 2.45. The Hall–Kier alpha value is -3.80. The van der Waals surface area contributed by atoms with Crippen molar-refractivity contribution in [2.24, 2.45) is 5.92 Å². The first-order chi connectivity index (χ1) is 20.4. The van der Waals surface area contributed by atoms with Gasteiger partial charge >= 0.3 is 17.9 Å². The average molecular weight is 607 g/mol. The number of halogens is 1. The molecule has 12 heteroatoms. The van der Waals surface area contributed by atoms with Gasteiger partial charge in [0.25, 0.3) is 5.91 Å². The third-order valence-corrected chi connectivity index (χ3v) is 7.02. The largest absolute Gasteiger partial charge is 0.455 e. The molecule has 1 aromatic rings. The zero-order chi connectivity index (χ0) is 32.1. The van der Waals surface area contributed by atoms with Crippen molar-refractivity contribution in [3.8, 4) is 0 Å². The lowest BCUT2D eigenvalue weighted by atomic mass is 9.98. The highest BCUT2D eigenvalue weighted by Crippen LogP contribution is 2.22. The second-order valence-electron chi connectivity index (χ2n) is 10.6. The molecule has 11 nitrogen and oxygen atoms in total. The van der Waals surface area contributed by atoms with Gasteiger partial charge in [-0.25, -0.2) is 4.39 Å². The molecule has 2 amide bonds. The number of carbonyl (C=O) groups is 5. The molecule has 238 valence electrons. The third-order valence-electron chi connectivity index (χ3n) is 7.02. The number of carbonyl (C=O) groups excluding carboxylic acids is 5. The quantitative estimate of drug-likeness (QED) is 0.192. The first-order valence-corrected chi connectivity index (χ1v) is 14.4. The fourth-order valence-electron chi connectivity index (χ4n) is 4.70. The second-order valence-corrected chi connectivity index (χ2v) is 10.6. The number of rotatable bonds is 14. The summed E-state index contributed by atoms with van der Waals surface area (Å²) in [7, 11) is 1.21. The van der Waals surface area contributed by atoms with Crippen LogP contribution in [0, 0.1) is 11.7 Å². The lowest BCUT2D eigenvalue weighted by Gasteiger charge is -2.34. The Morgan fingerprint density at radius 2 is 1.58 bits per heavy atom. The van der Waals surface area contributed by atoms with E-state index in [9.17, 15) is 28.4 Å². The predicted molar refractivity (Wildman–Crippen MR) is 154 cm³/mol. The van der Waals surface area contributed by atoms with Gasteiger partial charge in [-0.3, -0.25) is 24.0 Å². The molecule has 0 aliphatic carbocycles. The smallest absolute Gasteiger partial charge is 0.303 e. The van der Waals surface area contributed by atoms with Crippen LogP contribution in [0.1, 0.15) is 65.9 Å². The van der Waals surface area contributed by atoms with Crippen LogP contribution in [0.15, 0.2) is 36.4 Å². The molecule has 1 N–H and O–H groups in total. The van der Waals surface area contributed by atoms with E-state index >= 15 is 0 Å².